The average Bonchev–Trinajstić information content (AvgIpc) is 3.10. The van der Waals surface area contributed by atoms with Crippen LogP contribution in [0.3, 0.4) is 0 Å². The predicted octanol–water partition coefficient (Wildman–Crippen LogP) is 3.70. The molecular formula is C17H21N. The lowest BCUT2D eigenvalue weighted by Gasteiger charge is -2.31. The van der Waals surface area contributed by atoms with Gasteiger partial charge in [0.2, 0.25) is 0 Å². The molecule has 1 aromatic carbocycles. The van der Waals surface area contributed by atoms with Crippen LogP contribution in [0.1, 0.15) is 32.1 Å². The summed E-state index contributed by atoms with van der Waals surface area (Å²) in [6.45, 7) is 0. The molecule has 4 fully saturated rings. The monoisotopic (exact) mass is 239 g/mol. The number of anilines is 1. The molecule has 1 nitrogen and oxygen atoms in total. The molecule has 0 amide bonds. The number of benzene rings is 1. The van der Waals surface area contributed by atoms with Gasteiger partial charge in [-0.2, -0.15) is 0 Å². The molecule has 3 aliphatic carbocycles. The van der Waals surface area contributed by atoms with E-state index in [1.54, 1.807) is 6.42 Å². The number of nitrogens with zero attached hydrogens (tertiary/aromatic N) is 1. The Bertz CT molecular complexity index is 444. The van der Waals surface area contributed by atoms with E-state index in [4.69, 9.17) is 0 Å². The summed E-state index contributed by atoms with van der Waals surface area (Å²) in [5.41, 5.74) is 1.50. The topological polar surface area (TPSA) is 3.24 Å². The van der Waals surface area contributed by atoms with Crippen LogP contribution in [0.2, 0.25) is 0 Å². The fourth-order valence-corrected chi connectivity index (χ4v) is 6.13. The lowest BCUT2D eigenvalue weighted by atomic mass is 9.90. The molecule has 18 heavy (non-hydrogen) atoms. The van der Waals surface area contributed by atoms with E-state index in [2.05, 4.69) is 35.2 Å². The lowest BCUT2D eigenvalue weighted by Crippen LogP contribution is -2.36. The zero-order valence-electron chi connectivity index (χ0n) is 10.8. The van der Waals surface area contributed by atoms with Crippen LogP contribution in [-0.2, 0) is 0 Å². The van der Waals surface area contributed by atoms with Gasteiger partial charge < -0.3 is 4.90 Å². The maximum Gasteiger partial charge on any atom is 0.0371 e. The highest BCUT2D eigenvalue weighted by Gasteiger charge is 2.62. The normalized spacial score (nSPS) is 47.9. The van der Waals surface area contributed by atoms with Crippen molar-refractivity contribution in [1.29, 1.82) is 0 Å². The zero-order chi connectivity index (χ0) is 11.7. The van der Waals surface area contributed by atoms with Gasteiger partial charge >= 0.3 is 0 Å². The van der Waals surface area contributed by atoms with Crippen molar-refractivity contribution < 1.29 is 0 Å². The van der Waals surface area contributed by atoms with Gasteiger partial charge in [-0.15, -0.1) is 0 Å². The highest BCUT2D eigenvalue weighted by molar-refractivity contribution is 5.52. The number of rotatable bonds is 1. The van der Waals surface area contributed by atoms with Crippen LogP contribution in [-0.4, -0.2) is 12.1 Å². The molecule has 0 spiro atoms. The van der Waals surface area contributed by atoms with Crippen molar-refractivity contribution in [2.75, 3.05) is 4.90 Å². The van der Waals surface area contributed by atoms with Gasteiger partial charge in [-0.25, -0.2) is 0 Å². The van der Waals surface area contributed by atoms with Gasteiger partial charge in [0.25, 0.3) is 0 Å². The van der Waals surface area contributed by atoms with E-state index in [1.165, 1.54) is 31.4 Å². The van der Waals surface area contributed by atoms with Crippen molar-refractivity contribution in [3.8, 4) is 0 Å². The maximum absolute atomic E-state index is 2.84. The predicted molar refractivity (Wildman–Crippen MR) is 73.5 cm³/mol. The van der Waals surface area contributed by atoms with Crippen LogP contribution in [0.4, 0.5) is 5.69 Å². The van der Waals surface area contributed by atoms with Gasteiger partial charge in [0.05, 0.1) is 0 Å². The van der Waals surface area contributed by atoms with Crippen molar-refractivity contribution in [2.45, 2.75) is 44.2 Å². The largest absolute Gasteiger partial charge is 0.365 e. The van der Waals surface area contributed by atoms with Crippen molar-refractivity contribution in [3.05, 3.63) is 30.3 Å². The zero-order valence-corrected chi connectivity index (χ0v) is 10.8. The molecule has 1 saturated heterocycles. The molecule has 0 N–H and O–H groups in total. The molecular weight excluding hydrogens is 218 g/mol. The molecule has 1 aromatic rings. The van der Waals surface area contributed by atoms with E-state index in [9.17, 15) is 0 Å². The molecule has 5 rings (SSSR count). The van der Waals surface area contributed by atoms with E-state index < -0.39 is 0 Å². The minimum atomic E-state index is 0.887. The van der Waals surface area contributed by atoms with Gasteiger partial charge in [-0.3, -0.25) is 0 Å². The van der Waals surface area contributed by atoms with Gasteiger partial charge in [0.1, 0.15) is 0 Å². The first-order chi connectivity index (χ1) is 8.93. The van der Waals surface area contributed by atoms with Crippen molar-refractivity contribution in [2.24, 2.45) is 23.7 Å². The molecule has 4 aliphatic rings. The van der Waals surface area contributed by atoms with Crippen LogP contribution in [0.5, 0.6) is 0 Å². The highest BCUT2D eigenvalue weighted by atomic mass is 15.2. The summed E-state index contributed by atoms with van der Waals surface area (Å²) in [6, 6.07) is 13.0. The van der Waals surface area contributed by atoms with Crippen molar-refractivity contribution >= 4 is 5.69 Å². The SMILES string of the molecule is c1ccc(N2C3CC[C@@H]4C[C@@H]5CCC2[C@@H]5[C@H]34)cc1. The van der Waals surface area contributed by atoms with Gasteiger partial charge in [-0.1, -0.05) is 18.2 Å². The summed E-state index contributed by atoms with van der Waals surface area (Å²) >= 11 is 0. The molecule has 6 atom stereocenters. The third-order valence-corrected chi connectivity index (χ3v) is 6.46. The van der Waals surface area contributed by atoms with Crippen LogP contribution in [0, 0.1) is 23.7 Å². The third kappa shape index (κ3) is 1.05. The van der Waals surface area contributed by atoms with Crippen LogP contribution >= 0.6 is 0 Å². The van der Waals surface area contributed by atoms with E-state index in [-0.39, 0.29) is 0 Å². The van der Waals surface area contributed by atoms with Crippen molar-refractivity contribution in [3.63, 3.8) is 0 Å². The molecule has 2 unspecified atom stereocenters. The average molecular weight is 239 g/mol. The van der Waals surface area contributed by atoms with E-state index >= 15 is 0 Å². The molecule has 0 radical (unpaired) electrons. The second kappa shape index (κ2) is 3.31. The maximum atomic E-state index is 2.84. The Morgan fingerprint density at radius 1 is 0.778 bits per heavy atom. The van der Waals surface area contributed by atoms with Gasteiger partial charge in [-0.05, 0) is 67.9 Å². The Labute approximate surface area is 109 Å². The highest BCUT2D eigenvalue weighted by Crippen LogP contribution is 2.63. The van der Waals surface area contributed by atoms with Crippen molar-refractivity contribution in [1.82, 2.24) is 0 Å². The number of para-hydroxylation sites is 1. The second-order valence-electron chi connectivity index (χ2n) is 6.94. The van der Waals surface area contributed by atoms with Crippen LogP contribution in [0.15, 0.2) is 30.3 Å². The summed E-state index contributed by atoms with van der Waals surface area (Å²) in [5.74, 6) is 4.29. The number of hydrogen-bond acceptors (Lipinski definition) is 1. The minimum Gasteiger partial charge on any atom is -0.365 e. The molecule has 1 aliphatic heterocycles. The second-order valence-corrected chi connectivity index (χ2v) is 6.94. The van der Waals surface area contributed by atoms with Crippen LogP contribution < -0.4 is 4.90 Å². The standard InChI is InChI=1S/C17H21N/c1-2-4-13(5-3-1)18-14-8-6-11-10-12-7-9-15(18)17(12)16(11)14/h1-5,11-12,14-17H,6-10H2/t11-,12+,14?,15?,16+,17-. The third-order valence-electron chi connectivity index (χ3n) is 6.46. The quantitative estimate of drug-likeness (QED) is 0.722. The molecule has 0 bridgehead atoms. The first kappa shape index (κ1) is 9.89. The summed E-state index contributed by atoms with van der Waals surface area (Å²) in [7, 11) is 0. The minimum absolute atomic E-state index is 0.887. The molecule has 1 heteroatoms. The molecule has 94 valence electrons. The first-order valence-corrected chi connectivity index (χ1v) is 7.77. The molecule has 0 aromatic heterocycles. The first-order valence-electron chi connectivity index (χ1n) is 7.77. The van der Waals surface area contributed by atoms with Gasteiger partial charge in [0.15, 0.2) is 0 Å². The Kier molecular flexibility index (Phi) is 1.82. The Morgan fingerprint density at radius 2 is 1.39 bits per heavy atom. The summed E-state index contributed by atoms with van der Waals surface area (Å²) in [5, 5.41) is 0. The fraction of sp³-hybridized carbons (Fsp3) is 0.647. The summed E-state index contributed by atoms with van der Waals surface area (Å²) in [6.07, 6.45) is 7.52. The van der Waals surface area contributed by atoms with Crippen LogP contribution in [0.25, 0.3) is 0 Å². The Morgan fingerprint density at radius 3 is 2.00 bits per heavy atom. The lowest BCUT2D eigenvalue weighted by molar-refractivity contribution is 0.369. The molecule has 3 saturated carbocycles. The van der Waals surface area contributed by atoms with E-state index in [1.807, 2.05) is 0 Å². The Hall–Kier alpha value is -0.980. The number of hydrogen-bond donors (Lipinski definition) is 0. The Balaban J connectivity index is 1.61. The van der Waals surface area contributed by atoms with Gasteiger partial charge in [0, 0.05) is 17.8 Å². The summed E-state index contributed by atoms with van der Waals surface area (Å²) in [4.78, 5) is 2.84. The van der Waals surface area contributed by atoms with E-state index in [0.29, 0.717) is 0 Å². The fourth-order valence-electron chi connectivity index (χ4n) is 6.13. The van der Waals surface area contributed by atoms with E-state index in [0.717, 1.165) is 35.8 Å². The molecule has 1 heterocycles. The smallest absolute Gasteiger partial charge is 0.0371 e. The summed E-state index contributed by atoms with van der Waals surface area (Å²) < 4.78 is 0.